The second-order valence-electron chi connectivity index (χ2n) is 5.89. The third kappa shape index (κ3) is 4.60. The van der Waals surface area contributed by atoms with Crippen molar-refractivity contribution in [2.75, 3.05) is 0 Å². The Morgan fingerprint density at radius 1 is 1.27 bits per heavy atom. The molecule has 0 spiro atoms. The summed E-state index contributed by atoms with van der Waals surface area (Å²) in [5, 5.41) is 9.95. The maximum atomic E-state index is 11.1. The minimum Gasteiger partial charge on any atom is -0.449 e. The Hall–Kier alpha value is -1.81. The molecule has 0 saturated carbocycles. The first-order valence-electron chi connectivity index (χ1n) is 7.83. The Morgan fingerprint density at radius 3 is 2.45 bits per heavy atom. The fourth-order valence-corrected chi connectivity index (χ4v) is 2.62. The third-order valence-electron chi connectivity index (χ3n) is 3.86. The number of fused-ring (bicyclic) bond motifs is 1. The predicted octanol–water partition coefficient (Wildman–Crippen LogP) is 3.63. The van der Waals surface area contributed by atoms with Gasteiger partial charge < -0.3 is 14.6 Å². The SMILES string of the molecule is C=CC(=O)CCCC(O)CCCC1(C)Oc2ccccc2O1. The van der Waals surface area contributed by atoms with Gasteiger partial charge in [-0.15, -0.1) is 0 Å². The van der Waals surface area contributed by atoms with Gasteiger partial charge in [0.1, 0.15) is 0 Å². The molecule has 120 valence electrons. The van der Waals surface area contributed by atoms with Crippen LogP contribution in [0.25, 0.3) is 0 Å². The average Bonchev–Trinajstić information content (AvgIpc) is 2.83. The highest BCUT2D eigenvalue weighted by atomic mass is 16.7. The normalized spacial score (nSPS) is 16.3. The van der Waals surface area contributed by atoms with Gasteiger partial charge in [-0.2, -0.15) is 0 Å². The molecule has 1 N–H and O–H groups in total. The lowest BCUT2D eigenvalue weighted by Crippen LogP contribution is -2.34. The Bertz CT molecular complexity index is 499. The second-order valence-corrected chi connectivity index (χ2v) is 5.89. The minimum atomic E-state index is -0.651. The van der Waals surface area contributed by atoms with Crippen LogP contribution in [0.3, 0.4) is 0 Å². The number of hydrogen-bond donors (Lipinski definition) is 1. The van der Waals surface area contributed by atoms with E-state index >= 15 is 0 Å². The van der Waals surface area contributed by atoms with Crippen molar-refractivity contribution >= 4 is 5.78 Å². The molecule has 1 aliphatic rings. The molecule has 1 aromatic carbocycles. The summed E-state index contributed by atoms with van der Waals surface area (Å²) in [6.45, 7) is 5.36. The van der Waals surface area contributed by atoms with E-state index in [4.69, 9.17) is 9.47 Å². The minimum absolute atomic E-state index is 0.0326. The molecule has 0 radical (unpaired) electrons. The average molecular weight is 304 g/mol. The van der Waals surface area contributed by atoms with Crippen molar-refractivity contribution in [1.82, 2.24) is 0 Å². The van der Waals surface area contributed by atoms with Crippen LogP contribution in [-0.4, -0.2) is 22.8 Å². The number of allylic oxidation sites excluding steroid dienone is 1. The van der Waals surface area contributed by atoms with Crippen molar-refractivity contribution in [1.29, 1.82) is 0 Å². The quantitative estimate of drug-likeness (QED) is 0.708. The number of benzene rings is 1. The highest BCUT2D eigenvalue weighted by Crippen LogP contribution is 2.40. The summed E-state index contributed by atoms with van der Waals surface area (Å²) in [5.74, 6) is 0.926. The highest BCUT2D eigenvalue weighted by Gasteiger charge is 2.35. The van der Waals surface area contributed by atoms with E-state index in [9.17, 15) is 9.90 Å². The van der Waals surface area contributed by atoms with Crippen LogP contribution in [0.1, 0.15) is 45.4 Å². The smallest absolute Gasteiger partial charge is 0.248 e. The highest BCUT2D eigenvalue weighted by molar-refractivity contribution is 5.88. The molecule has 4 heteroatoms. The molecule has 1 aliphatic heterocycles. The lowest BCUT2D eigenvalue weighted by Gasteiger charge is -2.23. The van der Waals surface area contributed by atoms with Gasteiger partial charge in [-0.3, -0.25) is 4.79 Å². The van der Waals surface area contributed by atoms with Crippen LogP contribution in [0, 0.1) is 0 Å². The summed E-state index contributed by atoms with van der Waals surface area (Å²) in [6, 6.07) is 7.63. The van der Waals surface area contributed by atoms with E-state index < -0.39 is 5.79 Å². The predicted molar refractivity (Wildman–Crippen MR) is 85.0 cm³/mol. The first-order chi connectivity index (χ1) is 10.5. The topological polar surface area (TPSA) is 55.8 Å². The molecule has 0 amide bonds. The Kier molecular flexibility index (Phi) is 5.61. The zero-order chi connectivity index (χ0) is 16.0. The Morgan fingerprint density at radius 2 is 1.86 bits per heavy atom. The van der Waals surface area contributed by atoms with E-state index in [1.54, 1.807) is 0 Å². The molecule has 22 heavy (non-hydrogen) atoms. The van der Waals surface area contributed by atoms with Crippen molar-refractivity contribution in [3.63, 3.8) is 0 Å². The summed E-state index contributed by atoms with van der Waals surface area (Å²) in [7, 11) is 0. The van der Waals surface area contributed by atoms with Crippen molar-refractivity contribution in [2.45, 2.75) is 57.3 Å². The number of para-hydroxylation sites is 2. The van der Waals surface area contributed by atoms with Gasteiger partial charge in [0.25, 0.3) is 0 Å². The molecule has 4 nitrogen and oxygen atoms in total. The number of rotatable bonds is 9. The zero-order valence-corrected chi connectivity index (χ0v) is 13.1. The van der Waals surface area contributed by atoms with Gasteiger partial charge in [0, 0.05) is 19.8 Å². The summed E-state index contributed by atoms with van der Waals surface area (Å²) >= 11 is 0. The van der Waals surface area contributed by atoms with Gasteiger partial charge in [-0.05, 0) is 43.9 Å². The van der Waals surface area contributed by atoms with Crippen LogP contribution in [0.4, 0.5) is 0 Å². The fourth-order valence-electron chi connectivity index (χ4n) is 2.62. The van der Waals surface area contributed by atoms with E-state index in [1.807, 2.05) is 31.2 Å². The summed E-state index contributed by atoms with van der Waals surface area (Å²) in [4.78, 5) is 11.1. The Labute approximate surface area is 131 Å². The molecule has 1 atom stereocenters. The molecule has 1 heterocycles. The molecule has 0 aliphatic carbocycles. The van der Waals surface area contributed by atoms with Gasteiger partial charge in [0.2, 0.25) is 5.79 Å². The number of carbonyl (C=O) groups excluding carboxylic acids is 1. The monoisotopic (exact) mass is 304 g/mol. The fraction of sp³-hybridized carbons (Fsp3) is 0.500. The standard InChI is InChI=1S/C18H24O4/c1-3-14(19)8-6-9-15(20)10-7-13-18(2)21-16-11-4-5-12-17(16)22-18/h3-5,11-12,15,20H,1,6-10,13H2,2H3. The van der Waals surface area contributed by atoms with Crippen molar-refractivity contribution < 1.29 is 19.4 Å². The molecular formula is C18H24O4. The number of hydrogen-bond acceptors (Lipinski definition) is 4. The van der Waals surface area contributed by atoms with Crippen LogP contribution >= 0.6 is 0 Å². The summed E-state index contributed by atoms with van der Waals surface area (Å²) < 4.78 is 11.7. The Balaban J connectivity index is 1.66. The molecule has 0 saturated heterocycles. The molecule has 1 aromatic rings. The lowest BCUT2D eigenvalue weighted by molar-refractivity contribution is -0.114. The first-order valence-corrected chi connectivity index (χ1v) is 7.83. The van der Waals surface area contributed by atoms with Gasteiger partial charge in [0.05, 0.1) is 6.10 Å². The van der Waals surface area contributed by atoms with Crippen molar-refractivity contribution in [2.24, 2.45) is 0 Å². The van der Waals surface area contributed by atoms with Crippen molar-refractivity contribution in [3.05, 3.63) is 36.9 Å². The van der Waals surface area contributed by atoms with Crippen LogP contribution in [-0.2, 0) is 4.79 Å². The summed E-state index contributed by atoms with van der Waals surface area (Å²) in [6.07, 6.45) is 4.94. The van der Waals surface area contributed by atoms with Crippen molar-refractivity contribution in [3.8, 4) is 11.5 Å². The van der Waals surface area contributed by atoms with E-state index in [-0.39, 0.29) is 11.9 Å². The number of ether oxygens (including phenoxy) is 2. The van der Waals surface area contributed by atoms with E-state index in [1.165, 1.54) is 6.08 Å². The second kappa shape index (κ2) is 7.45. The number of carbonyl (C=O) groups is 1. The maximum absolute atomic E-state index is 11.1. The maximum Gasteiger partial charge on any atom is 0.248 e. The zero-order valence-electron chi connectivity index (χ0n) is 13.1. The van der Waals surface area contributed by atoms with E-state index in [0.717, 1.165) is 17.9 Å². The number of aliphatic hydroxyl groups excluding tert-OH is 1. The molecular weight excluding hydrogens is 280 g/mol. The van der Waals surface area contributed by atoms with E-state index in [0.29, 0.717) is 32.1 Å². The number of aliphatic hydroxyl groups is 1. The van der Waals surface area contributed by atoms with Gasteiger partial charge >= 0.3 is 0 Å². The van der Waals surface area contributed by atoms with Gasteiger partial charge in [-0.25, -0.2) is 0 Å². The lowest BCUT2D eigenvalue weighted by atomic mass is 10.0. The van der Waals surface area contributed by atoms with Gasteiger partial charge in [0.15, 0.2) is 17.3 Å². The van der Waals surface area contributed by atoms with Gasteiger partial charge in [-0.1, -0.05) is 18.7 Å². The molecule has 0 fully saturated rings. The number of ketones is 1. The van der Waals surface area contributed by atoms with Crippen LogP contribution in [0.2, 0.25) is 0 Å². The van der Waals surface area contributed by atoms with Crippen LogP contribution in [0.5, 0.6) is 11.5 Å². The molecule has 1 unspecified atom stereocenters. The van der Waals surface area contributed by atoms with E-state index in [2.05, 4.69) is 6.58 Å². The van der Waals surface area contributed by atoms with Crippen LogP contribution < -0.4 is 9.47 Å². The largest absolute Gasteiger partial charge is 0.449 e. The molecule has 0 bridgehead atoms. The molecule has 0 aromatic heterocycles. The first kappa shape index (κ1) is 16.6. The summed E-state index contributed by atoms with van der Waals surface area (Å²) in [5.41, 5.74) is 0. The third-order valence-corrected chi connectivity index (χ3v) is 3.86. The van der Waals surface area contributed by atoms with Crippen LogP contribution in [0.15, 0.2) is 36.9 Å². The molecule has 2 rings (SSSR count).